The van der Waals surface area contributed by atoms with Crippen molar-refractivity contribution in [3.05, 3.63) is 20.2 Å². The largest absolute Gasteiger partial charge is 0.312 e. The van der Waals surface area contributed by atoms with Crippen molar-refractivity contribution in [2.24, 2.45) is 0 Å². The lowest BCUT2D eigenvalue weighted by atomic mass is 10.4. The average Bonchev–Trinajstić information content (AvgIpc) is 2.90. The van der Waals surface area contributed by atoms with Crippen LogP contribution in [0.4, 0.5) is 0 Å². The fourth-order valence-corrected chi connectivity index (χ4v) is 2.37. The molecule has 1 aromatic rings. The van der Waals surface area contributed by atoms with Crippen molar-refractivity contribution in [2.45, 2.75) is 39.3 Å². The van der Waals surface area contributed by atoms with Gasteiger partial charge in [0.1, 0.15) is 0 Å². The molecule has 1 aromatic heterocycles. The molecule has 0 aliphatic heterocycles. The van der Waals surface area contributed by atoms with Gasteiger partial charge in [0.05, 0.1) is 0 Å². The van der Waals surface area contributed by atoms with Crippen LogP contribution in [0.15, 0.2) is 4.79 Å². The molecule has 4 heteroatoms. The van der Waals surface area contributed by atoms with Crippen LogP contribution in [0.25, 0.3) is 0 Å². The highest BCUT2D eigenvalue weighted by molar-refractivity contribution is 7.09. The normalized spacial score (nSPS) is 16.1. The number of thiazole rings is 1. The molecule has 1 saturated carbocycles. The zero-order chi connectivity index (χ0) is 10.1. The molecule has 0 bridgehead atoms. The van der Waals surface area contributed by atoms with Gasteiger partial charge in [-0.15, -0.1) is 0 Å². The number of hydrogen-bond acceptors (Lipinski definition) is 3. The first kappa shape index (κ1) is 9.93. The van der Waals surface area contributed by atoms with Gasteiger partial charge in [0.25, 0.3) is 0 Å². The van der Waals surface area contributed by atoms with Crippen LogP contribution in [-0.2, 0) is 6.54 Å². The van der Waals surface area contributed by atoms with E-state index in [1.807, 2.05) is 18.4 Å². The Morgan fingerprint density at radius 2 is 2.21 bits per heavy atom. The van der Waals surface area contributed by atoms with Crippen LogP contribution < -0.4 is 10.2 Å². The van der Waals surface area contributed by atoms with Crippen LogP contribution in [0.2, 0.25) is 0 Å². The van der Waals surface area contributed by atoms with Gasteiger partial charge in [-0.2, -0.15) is 0 Å². The minimum Gasteiger partial charge on any atom is -0.312 e. The highest BCUT2D eigenvalue weighted by Gasteiger charge is 2.19. The third-order valence-electron chi connectivity index (χ3n) is 2.72. The Morgan fingerprint density at radius 1 is 1.50 bits per heavy atom. The molecule has 1 aliphatic carbocycles. The zero-order valence-corrected chi connectivity index (χ0v) is 9.49. The number of aromatic nitrogens is 1. The molecule has 0 aromatic carbocycles. The third kappa shape index (κ3) is 2.07. The molecule has 0 amide bonds. The van der Waals surface area contributed by atoms with E-state index in [2.05, 4.69) is 5.32 Å². The molecular weight excluding hydrogens is 196 g/mol. The molecule has 0 atom stereocenters. The molecule has 1 fully saturated rings. The topological polar surface area (TPSA) is 34.0 Å². The van der Waals surface area contributed by atoms with Crippen molar-refractivity contribution >= 4 is 11.3 Å². The lowest BCUT2D eigenvalue weighted by Gasteiger charge is -2.05. The maximum absolute atomic E-state index is 11.5. The van der Waals surface area contributed by atoms with Gasteiger partial charge in [-0.3, -0.25) is 4.79 Å². The van der Waals surface area contributed by atoms with E-state index in [0.29, 0.717) is 0 Å². The van der Waals surface area contributed by atoms with Gasteiger partial charge in [-0.1, -0.05) is 11.3 Å². The van der Waals surface area contributed by atoms with Crippen molar-refractivity contribution in [3.8, 4) is 0 Å². The summed E-state index contributed by atoms with van der Waals surface area (Å²) >= 11 is 1.35. The van der Waals surface area contributed by atoms with Gasteiger partial charge in [0, 0.05) is 29.7 Å². The Hall–Kier alpha value is -0.610. The van der Waals surface area contributed by atoms with Crippen molar-refractivity contribution in [1.29, 1.82) is 0 Å². The van der Waals surface area contributed by atoms with Crippen molar-refractivity contribution in [3.63, 3.8) is 0 Å². The third-order valence-corrected chi connectivity index (χ3v) is 3.72. The molecule has 1 heterocycles. The number of hydrogen-bond donors (Lipinski definition) is 1. The predicted molar refractivity (Wildman–Crippen MR) is 59.1 cm³/mol. The smallest absolute Gasteiger partial charge is 0.307 e. The second kappa shape index (κ2) is 3.87. The second-order valence-electron chi connectivity index (χ2n) is 3.89. The minimum atomic E-state index is 0.178. The Morgan fingerprint density at radius 3 is 2.71 bits per heavy atom. The Balaban J connectivity index is 1.96. The fraction of sp³-hybridized carbons (Fsp3) is 0.700. The minimum absolute atomic E-state index is 0.178. The summed E-state index contributed by atoms with van der Waals surface area (Å²) in [6.45, 7) is 5.75. The van der Waals surface area contributed by atoms with Crippen LogP contribution in [-0.4, -0.2) is 17.2 Å². The van der Waals surface area contributed by atoms with E-state index < -0.39 is 0 Å². The van der Waals surface area contributed by atoms with Crippen LogP contribution in [0.1, 0.15) is 23.4 Å². The Bertz CT molecular complexity index is 376. The monoisotopic (exact) mass is 212 g/mol. The molecule has 78 valence electrons. The molecule has 2 rings (SSSR count). The maximum Gasteiger partial charge on any atom is 0.307 e. The first-order valence-corrected chi connectivity index (χ1v) is 5.90. The van der Waals surface area contributed by atoms with Crippen molar-refractivity contribution < 1.29 is 0 Å². The average molecular weight is 212 g/mol. The lowest BCUT2D eigenvalue weighted by Crippen LogP contribution is -2.26. The van der Waals surface area contributed by atoms with Gasteiger partial charge in [0.2, 0.25) is 0 Å². The van der Waals surface area contributed by atoms with E-state index in [1.54, 1.807) is 0 Å². The summed E-state index contributed by atoms with van der Waals surface area (Å²) in [5.41, 5.74) is 1.12. The summed E-state index contributed by atoms with van der Waals surface area (Å²) in [6, 6.07) is 0.728. The second-order valence-corrected chi connectivity index (χ2v) is 5.06. The van der Waals surface area contributed by atoms with Crippen LogP contribution >= 0.6 is 11.3 Å². The summed E-state index contributed by atoms with van der Waals surface area (Å²) in [4.78, 5) is 12.8. The highest BCUT2D eigenvalue weighted by atomic mass is 32.1. The molecule has 3 nitrogen and oxygen atoms in total. The van der Waals surface area contributed by atoms with E-state index in [9.17, 15) is 4.79 Å². The summed E-state index contributed by atoms with van der Waals surface area (Å²) in [6.07, 6.45) is 2.60. The van der Waals surface area contributed by atoms with Gasteiger partial charge in [0.15, 0.2) is 0 Å². The maximum atomic E-state index is 11.5. The van der Waals surface area contributed by atoms with Gasteiger partial charge in [-0.05, 0) is 26.7 Å². The molecule has 0 unspecified atom stereocenters. The molecule has 0 saturated heterocycles. The fourth-order valence-electron chi connectivity index (χ4n) is 1.51. The molecule has 0 spiro atoms. The SMILES string of the molecule is Cc1sc(=O)n(CCNC2CC2)c1C. The molecular formula is C10H16N2OS. The van der Waals surface area contributed by atoms with Gasteiger partial charge < -0.3 is 9.88 Å². The predicted octanol–water partition coefficient (Wildman–Crippen LogP) is 1.28. The number of nitrogens with one attached hydrogen (secondary N) is 1. The number of aryl methyl sites for hydroxylation is 1. The van der Waals surface area contributed by atoms with Gasteiger partial charge in [-0.25, -0.2) is 0 Å². The molecule has 1 N–H and O–H groups in total. The van der Waals surface area contributed by atoms with Crippen LogP contribution in [0.5, 0.6) is 0 Å². The Kier molecular flexibility index (Phi) is 2.74. The zero-order valence-electron chi connectivity index (χ0n) is 8.67. The van der Waals surface area contributed by atoms with Crippen LogP contribution in [0, 0.1) is 13.8 Å². The Labute approximate surface area is 87.8 Å². The van der Waals surface area contributed by atoms with Crippen LogP contribution in [0.3, 0.4) is 0 Å². The van der Waals surface area contributed by atoms with Gasteiger partial charge >= 0.3 is 4.87 Å². The number of nitrogens with zero attached hydrogens (tertiary/aromatic N) is 1. The molecule has 1 aliphatic rings. The quantitative estimate of drug-likeness (QED) is 0.815. The first-order chi connectivity index (χ1) is 6.68. The lowest BCUT2D eigenvalue weighted by molar-refractivity contribution is 0.580. The molecule has 0 radical (unpaired) electrons. The van der Waals surface area contributed by atoms with E-state index in [4.69, 9.17) is 0 Å². The summed E-state index contributed by atoms with van der Waals surface area (Å²) in [5.74, 6) is 0. The summed E-state index contributed by atoms with van der Waals surface area (Å²) < 4.78 is 1.87. The van der Waals surface area contributed by atoms with E-state index in [1.165, 1.54) is 24.2 Å². The molecule has 14 heavy (non-hydrogen) atoms. The number of rotatable bonds is 4. The van der Waals surface area contributed by atoms with E-state index in [-0.39, 0.29) is 4.87 Å². The van der Waals surface area contributed by atoms with E-state index in [0.717, 1.165) is 29.7 Å². The first-order valence-electron chi connectivity index (χ1n) is 5.08. The standard InChI is InChI=1S/C10H16N2OS/c1-7-8(2)14-10(13)12(7)6-5-11-9-3-4-9/h9,11H,3-6H2,1-2H3. The summed E-state index contributed by atoms with van der Waals surface area (Å²) in [5, 5.41) is 3.41. The van der Waals surface area contributed by atoms with Crippen molar-refractivity contribution in [1.82, 2.24) is 9.88 Å². The highest BCUT2D eigenvalue weighted by Crippen LogP contribution is 2.18. The van der Waals surface area contributed by atoms with Crippen molar-refractivity contribution in [2.75, 3.05) is 6.54 Å². The van der Waals surface area contributed by atoms with E-state index >= 15 is 0 Å². The summed E-state index contributed by atoms with van der Waals surface area (Å²) in [7, 11) is 0.